The molecule has 0 amide bonds. The van der Waals surface area contributed by atoms with Crippen molar-refractivity contribution in [2.75, 3.05) is 0 Å². The van der Waals surface area contributed by atoms with Gasteiger partial charge >= 0.3 is 0 Å². The summed E-state index contributed by atoms with van der Waals surface area (Å²) in [6, 6.07) is 0.0965. The summed E-state index contributed by atoms with van der Waals surface area (Å²) in [7, 11) is 0. The summed E-state index contributed by atoms with van der Waals surface area (Å²) in [5.41, 5.74) is 9.18. The average molecular weight is 301 g/mol. The van der Waals surface area contributed by atoms with Crippen LogP contribution in [0.3, 0.4) is 0 Å². The molecule has 0 aromatic carbocycles. The molecule has 4 rings (SSSR count). The van der Waals surface area contributed by atoms with Crippen molar-refractivity contribution in [1.82, 2.24) is 0 Å². The molecule has 7 atom stereocenters. The molecule has 4 aliphatic carbocycles. The minimum absolute atomic E-state index is 0.0126. The number of fused-ring (bicyclic) bond motifs is 5. The third-order valence-corrected chi connectivity index (χ3v) is 7.10. The normalized spacial score (nSPS) is 53.2. The number of aliphatic hydroxyl groups is 2. The van der Waals surface area contributed by atoms with Crippen LogP contribution in [0.5, 0.6) is 0 Å². The van der Waals surface area contributed by atoms with Crippen molar-refractivity contribution in [3.05, 3.63) is 35.5 Å². The predicted octanol–water partition coefficient (Wildman–Crippen LogP) is 2.30. The van der Waals surface area contributed by atoms with Gasteiger partial charge in [0.05, 0.1) is 12.2 Å². The lowest BCUT2D eigenvalue weighted by molar-refractivity contribution is 0.0117. The Morgan fingerprint density at radius 2 is 2.00 bits per heavy atom. The number of rotatable bonds is 0. The van der Waals surface area contributed by atoms with Crippen LogP contribution in [0.4, 0.5) is 0 Å². The van der Waals surface area contributed by atoms with Crippen LogP contribution in [0, 0.1) is 22.7 Å². The van der Waals surface area contributed by atoms with Gasteiger partial charge in [0.1, 0.15) is 0 Å². The Labute approximate surface area is 132 Å². The molecule has 0 heterocycles. The molecule has 0 aliphatic heterocycles. The minimum Gasteiger partial charge on any atom is -0.393 e. The van der Waals surface area contributed by atoms with Gasteiger partial charge in [0.15, 0.2) is 0 Å². The molecule has 2 fully saturated rings. The van der Waals surface area contributed by atoms with Gasteiger partial charge in [0, 0.05) is 16.9 Å². The number of allylic oxidation sites excluding steroid dienone is 2. The summed E-state index contributed by atoms with van der Waals surface area (Å²) in [6.07, 6.45) is 11.5. The second-order valence-corrected chi connectivity index (χ2v) is 8.21. The van der Waals surface area contributed by atoms with Crippen LogP contribution in [0.1, 0.15) is 39.5 Å². The highest BCUT2D eigenvalue weighted by Gasteiger charge is 2.57. The maximum absolute atomic E-state index is 10.5. The third kappa shape index (κ3) is 1.73. The molecule has 0 spiro atoms. The Hall–Kier alpha value is -0.900. The van der Waals surface area contributed by atoms with E-state index in [0.29, 0.717) is 11.8 Å². The van der Waals surface area contributed by atoms with E-state index in [0.717, 1.165) is 25.7 Å². The Bertz CT molecular complexity index is 592. The molecule has 22 heavy (non-hydrogen) atoms. The van der Waals surface area contributed by atoms with Gasteiger partial charge in [0.2, 0.25) is 0 Å². The standard InChI is InChI=1S/C19H27NO2/c1-18-7-5-12(21)9-11(18)10-15(20)17-13-3-4-16(22)19(13,2)8-6-14(17)18/h5-7,9,12-13,15-17,21-22H,3-4,8,10,20H2,1-2H3/t12-,13-,15-,16-,17-,18-,19-/m0/s1. The molecule has 0 bridgehead atoms. The molecule has 0 aromatic heterocycles. The molecule has 120 valence electrons. The van der Waals surface area contributed by atoms with Crippen molar-refractivity contribution < 1.29 is 10.2 Å². The zero-order valence-electron chi connectivity index (χ0n) is 13.5. The molecule has 0 aromatic rings. The van der Waals surface area contributed by atoms with Gasteiger partial charge in [-0.15, -0.1) is 0 Å². The van der Waals surface area contributed by atoms with Crippen LogP contribution in [-0.4, -0.2) is 28.5 Å². The topological polar surface area (TPSA) is 66.5 Å². The molecular weight excluding hydrogens is 274 g/mol. The molecule has 0 saturated heterocycles. The van der Waals surface area contributed by atoms with Crippen LogP contribution < -0.4 is 5.73 Å². The van der Waals surface area contributed by atoms with E-state index < -0.39 is 6.10 Å². The number of nitrogens with two attached hydrogens (primary N) is 1. The molecule has 3 nitrogen and oxygen atoms in total. The first-order valence-electron chi connectivity index (χ1n) is 8.59. The van der Waals surface area contributed by atoms with Crippen LogP contribution in [0.15, 0.2) is 35.5 Å². The van der Waals surface area contributed by atoms with Crippen molar-refractivity contribution >= 4 is 0 Å². The Morgan fingerprint density at radius 1 is 1.23 bits per heavy atom. The molecule has 3 heteroatoms. The summed E-state index contributed by atoms with van der Waals surface area (Å²) >= 11 is 0. The molecule has 2 saturated carbocycles. The van der Waals surface area contributed by atoms with E-state index in [2.05, 4.69) is 26.0 Å². The molecule has 4 N–H and O–H groups in total. The van der Waals surface area contributed by atoms with E-state index in [-0.39, 0.29) is 23.0 Å². The first kappa shape index (κ1) is 14.7. The van der Waals surface area contributed by atoms with E-state index in [1.165, 1.54) is 11.1 Å². The average Bonchev–Trinajstić information content (AvgIpc) is 2.77. The summed E-state index contributed by atoms with van der Waals surface area (Å²) in [5, 5.41) is 20.4. The first-order chi connectivity index (χ1) is 10.4. The van der Waals surface area contributed by atoms with Gasteiger partial charge in [-0.05, 0) is 44.4 Å². The van der Waals surface area contributed by atoms with E-state index in [1.807, 2.05) is 12.2 Å². The van der Waals surface area contributed by atoms with Crippen LogP contribution in [0.2, 0.25) is 0 Å². The quantitative estimate of drug-likeness (QED) is 0.602. The molecule has 4 aliphatic rings. The fourth-order valence-electron chi connectivity index (χ4n) is 5.67. The fourth-order valence-corrected chi connectivity index (χ4v) is 5.67. The minimum atomic E-state index is -0.477. The van der Waals surface area contributed by atoms with Gasteiger partial charge in [-0.3, -0.25) is 0 Å². The maximum atomic E-state index is 10.5. The highest BCUT2D eigenvalue weighted by atomic mass is 16.3. The lowest BCUT2D eigenvalue weighted by Gasteiger charge is -2.54. The van der Waals surface area contributed by atoms with Gasteiger partial charge in [-0.25, -0.2) is 0 Å². The molecular formula is C19H27NO2. The zero-order chi connectivity index (χ0) is 15.7. The Kier molecular flexibility index (Phi) is 3.04. The summed E-state index contributed by atoms with van der Waals surface area (Å²) in [5.74, 6) is 0.842. The van der Waals surface area contributed by atoms with Crippen molar-refractivity contribution in [2.24, 2.45) is 28.4 Å². The summed E-state index contributed by atoms with van der Waals surface area (Å²) in [6.45, 7) is 4.50. The third-order valence-electron chi connectivity index (χ3n) is 7.10. The van der Waals surface area contributed by atoms with E-state index in [4.69, 9.17) is 5.73 Å². The largest absolute Gasteiger partial charge is 0.393 e. The van der Waals surface area contributed by atoms with Gasteiger partial charge < -0.3 is 15.9 Å². The second kappa shape index (κ2) is 4.56. The van der Waals surface area contributed by atoms with E-state index in [1.54, 1.807) is 0 Å². The summed E-state index contributed by atoms with van der Waals surface area (Å²) < 4.78 is 0. The Morgan fingerprint density at radius 3 is 2.77 bits per heavy atom. The second-order valence-electron chi connectivity index (χ2n) is 8.21. The lowest BCUT2D eigenvalue weighted by atomic mass is 9.51. The van der Waals surface area contributed by atoms with Crippen LogP contribution >= 0.6 is 0 Å². The molecule has 0 radical (unpaired) electrons. The number of hydrogen-bond donors (Lipinski definition) is 3. The fraction of sp³-hybridized carbons (Fsp3) is 0.684. The van der Waals surface area contributed by atoms with Crippen molar-refractivity contribution in [3.63, 3.8) is 0 Å². The van der Waals surface area contributed by atoms with Crippen molar-refractivity contribution in [1.29, 1.82) is 0 Å². The number of aliphatic hydroxyl groups excluding tert-OH is 2. The predicted molar refractivity (Wildman–Crippen MR) is 87.0 cm³/mol. The van der Waals surface area contributed by atoms with Crippen molar-refractivity contribution in [3.8, 4) is 0 Å². The van der Waals surface area contributed by atoms with Crippen LogP contribution in [-0.2, 0) is 0 Å². The van der Waals surface area contributed by atoms with Gasteiger partial charge in [-0.1, -0.05) is 42.4 Å². The van der Waals surface area contributed by atoms with E-state index >= 15 is 0 Å². The van der Waals surface area contributed by atoms with Crippen molar-refractivity contribution in [2.45, 2.75) is 57.8 Å². The Balaban J connectivity index is 1.81. The van der Waals surface area contributed by atoms with Crippen LogP contribution in [0.25, 0.3) is 0 Å². The number of hydrogen-bond acceptors (Lipinski definition) is 3. The zero-order valence-corrected chi connectivity index (χ0v) is 13.5. The smallest absolute Gasteiger partial charge is 0.0906 e. The highest BCUT2D eigenvalue weighted by molar-refractivity contribution is 5.46. The van der Waals surface area contributed by atoms with Gasteiger partial charge in [0.25, 0.3) is 0 Å². The maximum Gasteiger partial charge on any atom is 0.0906 e. The van der Waals surface area contributed by atoms with Gasteiger partial charge in [-0.2, -0.15) is 0 Å². The molecule has 0 unspecified atom stereocenters. The van der Waals surface area contributed by atoms with E-state index in [9.17, 15) is 10.2 Å². The highest BCUT2D eigenvalue weighted by Crippen LogP contribution is 2.61. The monoisotopic (exact) mass is 301 g/mol. The lowest BCUT2D eigenvalue weighted by Crippen LogP contribution is -2.52. The first-order valence-corrected chi connectivity index (χ1v) is 8.59. The summed E-state index contributed by atoms with van der Waals surface area (Å²) in [4.78, 5) is 0. The SMILES string of the molecule is C[C@]12C=C[C@H](O)C=C1C[C@H](N)[C@@H]1C2=CC[C@]2(C)[C@@H](O)CC[C@@H]12.